The van der Waals surface area contributed by atoms with E-state index in [2.05, 4.69) is 34.1 Å². The predicted octanol–water partition coefficient (Wildman–Crippen LogP) is 3.65. The van der Waals surface area contributed by atoms with Crippen molar-refractivity contribution in [2.45, 2.75) is 59.4 Å². The number of aryl methyl sites for hydroxylation is 1. The van der Waals surface area contributed by atoms with E-state index in [-0.39, 0.29) is 24.0 Å². The Hall–Kier alpha value is -0.830. The number of aromatic nitrogens is 1. The molecule has 0 amide bonds. The normalized spacial score (nSPS) is 20.6. The van der Waals surface area contributed by atoms with Crippen molar-refractivity contribution in [3.63, 3.8) is 0 Å². The van der Waals surface area contributed by atoms with Gasteiger partial charge in [0.05, 0.1) is 5.69 Å². The van der Waals surface area contributed by atoms with Crippen LogP contribution in [0.4, 0.5) is 0 Å². The monoisotopic (exact) mass is 489 g/mol. The van der Waals surface area contributed by atoms with Crippen LogP contribution in [0.2, 0.25) is 0 Å². The molecule has 0 aromatic carbocycles. The molecule has 1 saturated carbocycles. The summed E-state index contributed by atoms with van der Waals surface area (Å²) in [5.41, 5.74) is 1.48. The Balaban J connectivity index is 0.00000261. The minimum atomic E-state index is 0. The van der Waals surface area contributed by atoms with Crippen LogP contribution in [0.15, 0.2) is 15.6 Å². The largest absolute Gasteiger partial charge is 0.361 e. The predicted molar refractivity (Wildman–Crippen MR) is 121 cm³/mol. The Morgan fingerprint density at radius 1 is 1.22 bits per heavy atom. The third kappa shape index (κ3) is 6.07. The summed E-state index contributed by atoms with van der Waals surface area (Å²) in [6.45, 7) is 13.3. The molecule has 1 aliphatic heterocycles. The van der Waals surface area contributed by atoms with Crippen molar-refractivity contribution < 1.29 is 4.52 Å². The van der Waals surface area contributed by atoms with E-state index in [1.807, 2.05) is 13.0 Å². The van der Waals surface area contributed by atoms with E-state index in [4.69, 9.17) is 9.52 Å². The Kier molecular flexibility index (Phi) is 8.85. The lowest BCUT2D eigenvalue weighted by Crippen LogP contribution is -2.52. The maximum atomic E-state index is 5.18. The van der Waals surface area contributed by atoms with E-state index in [1.165, 1.54) is 32.1 Å². The molecule has 1 aromatic rings. The molecule has 1 aliphatic carbocycles. The van der Waals surface area contributed by atoms with Crippen LogP contribution >= 0.6 is 24.0 Å². The molecule has 0 atom stereocenters. The first-order valence-corrected chi connectivity index (χ1v) is 10.3. The lowest BCUT2D eigenvalue weighted by molar-refractivity contribution is 0.168. The fourth-order valence-electron chi connectivity index (χ4n) is 4.26. The van der Waals surface area contributed by atoms with Gasteiger partial charge in [-0.05, 0) is 38.5 Å². The first kappa shape index (κ1) is 22.5. The zero-order chi connectivity index (χ0) is 18.4. The zero-order valence-electron chi connectivity index (χ0n) is 17.2. The SMILES string of the molecule is CCNC(=NCC1(CC)CCCC1)N1CCN(Cc2cc(C)on2)CC1.I. The summed E-state index contributed by atoms with van der Waals surface area (Å²) in [6, 6.07) is 2.03. The number of hydrogen-bond acceptors (Lipinski definition) is 4. The van der Waals surface area contributed by atoms with Crippen LogP contribution in [-0.2, 0) is 6.54 Å². The molecule has 1 aromatic heterocycles. The molecule has 1 saturated heterocycles. The minimum absolute atomic E-state index is 0. The van der Waals surface area contributed by atoms with Crippen LogP contribution < -0.4 is 5.32 Å². The Labute approximate surface area is 181 Å². The maximum absolute atomic E-state index is 5.18. The average Bonchev–Trinajstić information content (AvgIpc) is 3.29. The van der Waals surface area contributed by atoms with Crippen LogP contribution in [-0.4, -0.2) is 60.2 Å². The Bertz CT molecular complexity index is 589. The highest BCUT2D eigenvalue weighted by molar-refractivity contribution is 14.0. The van der Waals surface area contributed by atoms with E-state index in [0.29, 0.717) is 5.41 Å². The number of aliphatic imine (C=N–C) groups is 1. The quantitative estimate of drug-likeness (QED) is 0.376. The summed E-state index contributed by atoms with van der Waals surface area (Å²) in [5.74, 6) is 1.99. The summed E-state index contributed by atoms with van der Waals surface area (Å²) in [4.78, 5) is 9.93. The maximum Gasteiger partial charge on any atom is 0.194 e. The fraction of sp³-hybridized carbons (Fsp3) is 0.800. The number of piperazine rings is 1. The molecule has 0 bridgehead atoms. The minimum Gasteiger partial charge on any atom is -0.361 e. The van der Waals surface area contributed by atoms with Crippen molar-refractivity contribution in [3.05, 3.63) is 17.5 Å². The molecule has 6 nitrogen and oxygen atoms in total. The van der Waals surface area contributed by atoms with Gasteiger partial charge >= 0.3 is 0 Å². The number of rotatable bonds is 6. The number of hydrogen-bond donors (Lipinski definition) is 1. The molecule has 2 aliphatic rings. The summed E-state index contributed by atoms with van der Waals surface area (Å²) < 4.78 is 5.18. The number of guanidine groups is 1. The molecular formula is C20H36IN5O. The van der Waals surface area contributed by atoms with Crippen LogP contribution in [0.3, 0.4) is 0 Å². The molecule has 3 rings (SSSR count). The number of halogens is 1. The van der Waals surface area contributed by atoms with E-state index in [9.17, 15) is 0 Å². The average molecular weight is 489 g/mol. The molecule has 27 heavy (non-hydrogen) atoms. The van der Waals surface area contributed by atoms with Gasteiger partial charge in [-0.1, -0.05) is 24.9 Å². The van der Waals surface area contributed by atoms with Crippen molar-refractivity contribution >= 4 is 29.9 Å². The van der Waals surface area contributed by atoms with Gasteiger partial charge < -0.3 is 14.7 Å². The molecule has 154 valence electrons. The lowest BCUT2D eigenvalue weighted by atomic mass is 9.83. The third-order valence-electron chi connectivity index (χ3n) is 6.05. The molecule has 1 N–H and O–H groups in total. The van der Waals surface area contributed by atoms with E-state index >= 15 is 0 Å². The highest BCUT2D eigenvalue weighted by Gasteiger charge is 2.32. The van der Waals surface area contributed by atoms with E-state index in [0.717, 1.165) is 63.2 Å². The second-order valence-corrected chi connectivity index (χ2v) is 7.92. The van der Waals surface area contributed by atoms with Gasteiger partial charge in [0, 0.05) is 51.9 Å². The molecule has 0 radical (unpaired) electrons. The first-order chi connectivity index (χ1) is 12.6. The smallest absolute Gasteiger partial charge is 0.194 e. The molecular weight excluding hydrogens is 453 g/mol. The van der Waals surface area contributed by atoms with E-state index in [1.54, 1.807) is 0 Å². The van der Waals surface area contributed by atoms with Crippen LogP contribution in [0.25, 0.3) is 0 Å². The summed E-state index contributed by atoms with van der Waals surface area (Å²) >= 11 is 0. The van der Waals surface area contributed by atoms with Crippen LogP contribution in [0, 0.1) is 12.3 Å². The van der Waals surface area contributed by atoms with Crippen LogP contribution in [0.5, 0.6) is 0 Å². The molecule has 7 heteroatoms. The van der Waals surface area contributed by atoms with Crippen molar-refractivity contribution in [1.29, 1.82) is 0 Å². The van der Waals surface area contributed by atoms with E-state index < -0.39 is 0 Å². The molecule has 0 unspecified atom stereocenters. The van der Waals surface area contributed by atoms with Gasteiger partial charge in [-0.2, -0.15) is 0 Å². The van der Waals surface area contributed by atoms with Crippen molar-refractivity contribution in [2.24, 2.45) is 10.4 Å². The summed E-state index contributed by atoms with van der Waals surface area (Å²) in [6.07, 6.45) is 6.69. The second kappa shape index (κ2) is 10.6. The molecule has 2 heterocycles. The fourth-order valence-corrected chi connectivity index (χ4v) is 4.26. The van der Waals surface area contributed by atoms with Crippen molar-refractivity contribution in [2.75, 3.05) is 39.3 Å². The first-order valence-electron chi connectivity index (χ1n) is 10.3. The summed E-state index contributed by atoms with van der Waals surface area (Å²) in [5, 5.41) is 7.63. The molecule has 2 fully saturated rings. The summed E-state index contributed by atoms with van der Waals surface area (Å²) in [7, 11) is 0. The lowest BCUT2D eigenvalue weighted by Gasteiger charge is -2.36. The van der Waals surface area contributed by atoms with Crippen molar-refractivity contribution in [1.82, 2.24) is 20.3 Å². The number of nitrogens with zero attached hydrogens (tertiary/aromatic N) is 4. The van der Waals surface area contributed by atoms with Gasteiger partial charge in [0.25, 0.3) is 0 Å². The Morgan fingerprint density at radius 2 is 1.93 bits per heavy atom. The number of nitrogens with one attached hydrogen (secondary N) is 1. The Morgan fingerprint density at radius 3 is 2.48 bits per heavy atom. The van der Waals surface area contributed by atoms with Gasteiger partial charge in [-0.15, -0.1) is 24.0 Å². The van der Waals surface area contributed by atoms with Crippen LogP contribution in [0.1, 0.15) is 57.4 Å². The van der Waals surface area contributed by atoms with Gasteiger partial charge in [0.1, 0.15) is 5.76 Å². The molecule has 0 spiro atoms. The van der Waals surface area contributed by atoms with Gasteiger partial charge in [-0.3, -0.25) is 9.89 Å². The third-order valence-corrected chi connectivity index (χ3v) is 6.05. The topological polar surface area (TPSA) is 56.9 Å². The highest BCUT2D eigenvalue weighted by Crippen LogP contribution is 2.41. The van der Waals surface area contributed by atoms with Crippen molar-refractivity contribution in [3.8, 4) is 0 Å². The van der Waals surface area contributed by atoms with Gasteiger partial charge in [0.15, 0.2) is 5.96 Å². The second-order valence-electron chi connectivity index (χ2n) is 7.92. The zero-order valence-corrected chi connectivity index (χ0v) is 19.5. The standard InChI is InChI=1S/C20H35N5O.HI/c1-4-20(8-6-7-9-20)16-22-19(21-5-2)25-12-10-24(11-13-25)15-18-14-17(3)26-23-18;/h14H,4-13,15-16H2,1-3H3,(H,21,22);1H. The highest BCUT2D eigenvalue weighted by atomic mass is 127. The van der Waals surface area contributed by atoms with Gasteiger partial charge in [0.2, 0.25) is 0 Å². The van der Waals surface area contributed by atoms with Gasteiger partial charge in [-0.25, -0.2) is 0 Å².